The molecule has 7 nitrogen and oxygen atoms in total. The van der Waals surface area contributed by atoms with E-state index in [1.54, 1.807) is 6.21 Å². The number of carbonyl (C=O) groups is 1. The lowest BCUT2D eigenvalue weighted by atomic mass is 10.1. The number of hydrogen-bond acceptors (Lipinski definition) is 6. The van der Waals surface area contributed by atoms with Crippen LogP contribution in [0.1, 0.15) is 31.0 Å². The zero-order valence-corrected chi connectivity index (χ0v) is 16.0. The Morgan fingerprint density at radius 1 is 1.18 bits per heavy atom. The maximum Gasteiger partial charge on any atom is 0.261 e. The summed E-state index contributed by atoms with van der Waals surface area (Å²) in [7, 11) is 0. The van der Waals surface area contributed by atoms with E-state index in [0.717, 1.165) is 22.6 Å². The van der Waals surface area contributed by atoms with E-state index < -0.39 is 0 Å². The van der Waals surface area contributed by atoms with Crippen LogP contribution in [0.15, 0.2) is 47.6 Å². The van der Waals surface area contributed by atoms with Gasteiger partial charge in [0.05, 0.1) is 18.9 Å². The summed E-state index contributed by atoms with van der Waals surface area (Å²) in [5.41, 5.74) is 1.78. The number of fused-ring (bicyclic) bond motifs is 1. The summed E-state index contributed by atoms with van der Waals surface area (Å²) in [5, 5.41) is 6.70. The lowest BCUT2D eigenvalue weighted by Crippen LogP contribution is -2.29. The van der Waals surface area contributed by atoms with Crippen LogP contribution in [-0.4, -0.2) is 38.5 Å². The largest absolute Gasteiger partial charge is 0.494 e. The fourth-order valence-electron chi connectivity index (χ4n) is 2.71. The molecule has 148 valence electrons. The van der Waals surface area contributed by atoms with Crippen molar-refractivity contribution in [1.82, 2.24) is 5.32 Å². The SMILES string of the molecule is CCOc1ccc(/C=N\OCC(=O)N[C@H](C)c2ccc3c(c2)OCCO3)cc1. The molecule has 0 saturated carbocycles. The van der Waals surface area contributed by atoms with Crippen LogP contribution in [0.3, 0.4) is 0 Å². The quantitative estimate of drug-likeness (QED) is 0.559. The molecule has 2 aromatic rings. The van der Waals surface area contributed by atoms with Gasteiger partial charge in [-0.15, -0.1) is 0 Å². The van der Waals surface area contributed by atoms with Gasteiger partial charge in [-0.05, 0) is 61.4 Å². The highest BCUT2D eigenvalue weighted by atomic mass is 16.6. The minimum absolute atomic E-state index is 0.164. The molecular formula is C21H24N2O5. The van der Waals surface area contributed by atoms with E-state index in [9.17, 15) is 4.79 Å². The van der Waals surface area contributed by atoms with Crippen molar-refractivity contribution in [2.75, 3.05) is 26.4 Å². The number of ether oxygens (including phenoxy) is 3. The Morgan fingerprint density at radius 3 is 2.68 bits per heavy atom. The van der Waals surface area contributed by atoms with Gasteiger partial charge in [-0.3, -0.25) is 4.79 Å². The zero-order valence-electron chi connectivity index (χ0n) is 16.0. The Labute approximate surface area is 164 Å². The fraction of sp³-hybridized carbons (Fsp3) is 0.333. The van der Waals surface area contributed by atoms with Crippen molar-refractivity contribution in [2.45, 2.75) is 19.9 Å². The Morgan fingerprint density at radius 2 is 1.93 bits per heavy atom. The monoisotopic (exact) mass is 384 g/mol. The second kappa shape index (κ2) is 9.64. The number of amides is 1. The van der Waals surface area contributed by atoms with Crippen LogP contribution in [0.5, 0.6) is 17.2 Å². The number of hydrogen-bond donors (Lipinski definition) is 1. The van der Waals surface area contributed by atoms with Gasteiger partial charge in [-0.25, -0.2) is 0 Å². The first-order valence-corrected chi connectivity index (χ1v) is 9.23. The molecule has 28 heavy (non-hydrogen) atoms. The van der Waals surface area contributed by atoms with Crippen LogP contribution < -0.4 is 19.5 Å². The number of oxime groups is 1. The third-order valence-electron chi connectivity index (χ3n) is 4.11. The van der Waals surface area contributed by atoms with Crippen molar-refractivity contribution in [2.24, 2.45) is 5.16 Å². The molecule has 7 heteroatoms. The van der Waals surface area contributed by atoms with Crippen LogP contribution in [-0.2, 0) is 9.63 Å². The van der Waals surface area contributed by atoms with E-state index in [1.165, 1.54) is 0 Å². The summed E-state index contributed by atoms with van der Waals surface area (Å²) in [6.07, 6.45) is 1.55. The second-order valence-corrected chi connectivity index (χ2v) is 6.20. The molecule has 1 amide bonds. The average Bonchev–Trinajstić information content (AvgIpc) is 2.72. The van der Waals surface area contributed by atoms with Gasteiger partial charge in [0.2, 0.25) is 0 Å². The van der Waals surface area contributed by atoms with E-state index in [-0.39, 0.29) is 18.6 Å². The molecule has 0 bridgehead atoms. The van der Waals surface area contributed by atoms with Crippen molar-refractivity contribution in [3.8, 4) is 17.2 Å². The Kier molecular flexibility index (Phi) is 6.73. The summed E-state index contributed by atoms with van der Waals surface area (Å²) in [5.74, 6) is 1.96. The molecule has 0 unspecified atom stereocenters. The van der Waals surface area contributed by atoms with Gasteiger partial charge in [-0.1, -0.05) is 11.2 Å². The molecule has 1 aliphatic rings. The number of nitrogens with zero attached hydrogens (tertiary/aromatic N) is 1. The molecule has 0 saturated heterocycles. The van der Waals surface area contributed by atoms with Crippen molar-refractivity contribution >= 4 is 12.1 Å². The topological polar surface area (TPSA) is 78.4 Å². The number of nitrogens with one attached hydrogen (secondary N) is 1. The Balaban J connectivity index is 1.44. The molecule has 0 aliphatic carbocycles. The maximum absolute atomic E-state index is 12.1. The minimum atomic E-state index is -0.258. The fourth-order valence-corrected chi connectivity index (χ4v) is 2.71. The molecule has 0 aromatic heterocycles. The molecule has 1 N–H and O–H groups in total. The maximum atomic E-state index is 12.1. The average molecular weight is 384 g/mol. The predicted molar refractivity (Wildman–Crippen MR) is 105 cm³/mol. The van der Waals surface area contributed by atoms with E-state index in [0.29, 0.717) is 25.6 Å². The van der Waals surface area contributed by atoms with Gasteiger partial charge in [-0.2, -0.15) is 0 Å². The summed E-state index contributed by atoms with van der Waals surface area (Å²) >= 11 is 0. The normalized spacial score (nSPS) is 13.8. The lowest BCUT2D eigenvalue weighted by Gasteiger charge is -2.21. The van der Waals surface area contributed by atoms with E-state index in [1.807, 2.05) is 56.3 Å². The molecule has 1 heterocycles. The highest BCUT2D eigenvalue weighted by Gasteiger charge is 2.15. The molecule has 3 rings (SSSR count). The Bertz CT molecular complexity index is 820. The minimum Gasteiger partial charge on any atom is -0.494 e. The van der Waals surface area contributed by atoms with Crippen molar-refractivity contribution in [1.29, 1.82) is 0 Å². The predicted octanol–water partition coefficient (Wildman–Crippen LogP) is 3.08. The van der Waals surface area contributed by atoms with E-state index in [4.69, 9.17) is 19.0 Å². The van der Waals surface area contributed by atoms with Gasteiger partial charge in [0, 0.05) is 0 Å². The molecular weight excluding hydrogens is 360 g/mol. The molecule has 1 atom stereocenters. The molecule has 0 spiro atoms. The lowest BCUT2D eigenvalue weighted by molar-refractivity contribution is -0.126. The van der Waals surface area contributed by atoms with Crippen molar-refractivity contribution in [3.05, 3.63) is 53.6 Å². The van der Waals surface area contributed by atoms with Crippen molar-refractivity contribution in [3.63, 3.8) is 0 Å². The summed E-state index contributed by atoms with van der Waals surface area (Å²) < 4.78 is 16.5. The van der Waals surface area contributed by atoms with E-state index >= 15 is 0 Å². The van der Waals surface area contributed by atoms with Crippen LogP contribution in [0.2, 0.25) is 0 Å². The Hall–Kier alpha value is -3.22. The molecule has 0 radical (unpaired) electrons. The summed E-state index contributed by atoms with van der Waals surface area (Å²) in [6, 6.07) is 12.9. The number of benzene rings is 2. The van der Waals surface area contributed by atoms with Gasteiger partial charge < -0.3 is 24.4 Å². The molecule has 0 fully saturated rings. The molecule has 1 aliphatic heterocycles. The number of rotatable bonds is 8. The summed E-state index contributed by atoms with van der Waals surface area (Å²) in [6.45, 7) is 5.36. The van der Waals surface area contributed by atoms with Crippen LogP contribution >= 0.6 is 0 Å². The van der Waals surface area contributed by atoms with Gasteiger partial charge in [0.1, 0.15) is 19.0 Å². The zero-order chi connectivity index (χ0) is 19.8. The van der Waals surface area contributed by atoms with Gasteiger partial charge >= 0.3 is 0 Å². The standard InChI is InChI=1S/C21H24N2O5/c1-3-25-18-7-4-16(5-8-18)13-22-28-14-21(24)23-15(2)17-6-9-19-20(12-17)27-11-10-26-19/h4-9,12-13,15H,3,10-11,14H2,1-2H3,(H,23,24)/b22-13-/t15-/m1/s1. The molecule has 2 aromatic carbocycles. The smallest absolute Gasteiger partial charge is 0.261 e. The van der Waals surface area contributed by atoms with Crippen LogP contribution in [0.4, 0.5) is 0 Å². The first-order valence-electron chi connectivity index (χ1n) is 9.23. The highest BCUT2D eigenvalue weighted by Crippen LogP contribution is 2.32. The third-order valence-corrected chi connectivity index (χ3v) is 4.11. The van der Waals surface area contributed by atoms with Crippen LogP contribution in [0.25, 0.3) is 0 Å². The first kappa shape index (κ1) is 19.5. The van der Waals surface area contributed by atoms with Gasteiger partial charge in [0.25, 0.3) is 5.91 Å². The van der Waals surface area contributed by atoms with Gasteiger partial charge in [0.15, 0.2) is 18.1 Å². The van der Waals surface area contributed by atoms with Crippen LogP contribution in [0, 0.1) is 0 Å². The third kappa shape index (κ3) is 5.39. The van der Waals surface area contributed by atoms with Crippen molar-refractivity contribution < 1.29 is 23.8 Å². The summed E-state index contributed by atoms with van der Waals surface area (Å²) in [4.78, 5) is 17.1. The second-order valence-electron chi connectivity index (χ2n) is 6.20. The van der Waals surface area contributed by atoms with E-state index in [2.05, 4.69) is 10.5 Å². The first-order chi connectivity index (χ1) is 13.7. The highest BCUT2D eigenvalue weighted by molar-refractivity contribution is 5.80. The number of carbonyl (C=O) groups excluding carboxylic acids is 1.